The van der Waals surface area contributed by atoms with Crippen LogP contribution in [0.2, 0.25) is 0 Å². The van der Waals surface area contributed by atoms with Gasteiger partial charge in [-0.15, -0.1) is 22.7 Å². The van der Waals surface area contributed by atoms with Crippen molar-refractivity contribution in [1.82, 2.24) is 10.3 Å². The monoisotopic (exact) mass is 357 g/mol. The van der Waals surface area contributed by atoms with Crippen LogP contribution in [0.25, 0.3) is 20.1 Å². The lowest BCUT2D eigenvalue weighted by Crippen LogP contribution is -2.51. The minimum Gasteiger partial charge on any atom is -0.345 e. The van der Waals surface area contributed by atoms with Gasteiger partial charge in [0.1, 0.15) is 5.01 Å². The number of amides is 1. The standard InChI is InChI=1S/C18H19N3OS2/c19-11-18(9-3-4-10-18)21-16(22)14-7-8-15(23-14)17-20-12-5-1-2-6-13(12)24-17/h1-2,5-8H,3-4,9-11,19H2,(H,21,22). The number of nitrogens with zero attached hydrogens (tertiary/aromatic N) is 1. The number of para-hydroxylation sites is 1. The SMILES string of the molecule is NCC1(NC(=O)c2ccc(-c3nc4ccccc4s3)s2)CCCC1. The van der Waals surface area contributed by atoms with Gasteiger partial charge in [-0.1, -0.05) is 25.0 Å². The summed E-state index contributed by atoms with van der Waals surface area (Å²) in [5, 5.41) is 4.15. The zero-order valence-corrected chi connectivity index (χ0v) is 14.9. The number of thiazole rings is 1. The van der Waals surface area contributed by atoms with Crippen molar-refractivity contribution in [2.24, 2.45) is 5.73 Å². The van der Waals surface area contributed by atoms with E-state index in [-0.39, 0.29) is 11.4 Å². The number of fused-ring (bicyclic) bond motifs is 1. The van der Waals surface area contributed by atoms with Crippen molar-refractivity contribution >= 4 is 38.8 Å². The normalized spacial score (nSPS) is 16.5. The molecule has 1 aliphatic carbocycles. The Balaban J connectivity index is 1.56. The molecule has 1 aliphatic rings. The van der Waals surface area contributed by atoms with Gasteiger partial charge in [0.25, 0.3) is 5.91 Å². The van der Waals surface area contributed by atoms with Crippen molar-refractivity contribution in [2.45, 2.75) is 31.2 Å². The highest BCUT2D eigenvalue weighted by Crippen LogP contribution is 2.35. The van der Waals surface area contributed by atoms with E-state index in [0.29, 0.717) is 6.54 Å². The van der Waals surface area contributed by atoms with E-state index in [1.165, 1.54) is 16.0 Å². The Hall–Kier alpha value is -1.76. The number of rotatable bonds is 4. The molecule has 1 fully saturated rings. The average molecular weight is 358 g/mol. The zero-order chi connectivity index (χ0) is 16.6. The van der Waals surface area contributed by atoms with E-state index < -0.39 is 0 Å². The number of hydrogen-bond acceptors (Lipinski definition) is 5. The molecule has 1 aromatic carbocycles. The second-order valence-corrected chi connectivity index (χ2v) is 8.41. The van der Waals surface area contributed by atoms with Gasteiger partial charge in [0, 0.05) is 6.54 Å². The van der Waals surface area contributed by atoms with Crippen molar-refractivity contribution in [3.8, 4) is 9.88 Å². The highest BCUT2D eigenvalue weighted by atomic mass is 32.1. The Morgan fingerprint density at radius 2 is 1.96 bits per heavy atom. The second-order valence-electron chi connectivity index (χ2n) is 6.30. The Morgan fingerprint density at radius 1 is 1.17 bits per heavy atom. The number of nitrogens with two attached hydrogens (primary N) is 1. The summed E-state index contributed by atoms with van der Waals surface area (Å²) in [5.41, 5.74) is 6.71. The Labute approximate surface area is 148 Å². The van der Waals surface area contributed by atoms with Crippen LogP contribution in [0.4, 0.5) is 0 Å². The molecule has 6 heteroatoms. The van der Waals surface area contributed by atoms with Crippen LogP contribution < -0.4 is 11.1 Å². The van der Waals surface area contributed by atoms with Crippen LogP contribution in [0.5, 0.6) is 0 Å². The number of aromatic nitrogens is 1. The molecule has 0 atom stereocenters. The summed E-state index contributed by atoms with van der Waals surface area (Å²) in [6.45, 7) is 0.509. The Morgan fingerprint density at radius 3 is 2.71 bits per heavy atom. The maximum absolute atomic E-state index is 12.6. The summed E-state index contributed by atoms with van der Waals surface area (Å²) < 4.78 is 1.17. The summed E-state index contributed by atoms with van der Waals surface area (Å²) in [4.78, 5) is 19.0. The van der Waals surface area contributed by atoms with Gasteiger partial charge in [0.15, 0.2) is 0 Å². The molecule has 4 rings (SSSR count). The van der Waals surface area contributed by atoms with Crippen molar-refractivity contribution in [3.63, 3.8) is 0 Å². The molecular weight excluding hydrogens is 338 g/mol. The number of nitrogens with one attached hydrogen (secondary N) is 1. The largest absolute Gasteiger partial charge is 0.345 e. The van der Waals surface area contributed by atoms with Crippen LogP contribution >= 0.6 is 22.7 Å². The third-order valence-corrected chi connectivity index (χ3v) is 6.95. The molecule has 0 radical (unpaired) electrons. The average Bonchev–Trinajstić information content (AvgIpc) is 3.33. The van der Waals surface area contributed by atoms with Gasteiger partial charge in [0.05, 0.1) is 25.5 Å². The molecule has 4 nitrogen and oxygen atoms in total. The maximum Gasteiger partial charge on any atom is 0.261 e. The smallest absolute Gasteiger partial charge is 0.261 e. The van der Waals surface area contributed by atoms with Gasteiger partial charge in [-0.3, -0.25) is 4.79 Å². The van der Waals surface area contributed by atoms with Crippen LogP contribution in [0.3, 0.4) is 0 Å². The molecule has 24 heavy (non-hydrogen) atoms. The quantitative estimate of drug-likeness (QED) is 0.741. The van der Waals surface area contributed by atoms with Gasteiger partial charge < -0.3 is 11.1 Å². The van der Waals surface area contributed by atoms with Crippen LogP contribution in [0.1, 0.15) is 35.4 Å². The molecule has 2 heterocycles. The van der Waals surface area contributed by atoms with Crippen LogP contribution in [-0.2, 0) is 0 Å². The van der Waals surface area contributed by atoms with Crippen LogP contribution in [-0.4, -0.2) is 23.0 Å². The molecule has 3 N–H and O–H groups in total. The molecule has 0 bridgehead atoms. The van der Waals surface area contributed by atoms with Crippen molar-refractivity contribution in [3.05, 3.63) is 41.3 Å². The summed E-state index contributed by atoms with van der Waals surface area (Å²) in [5.74, 6) is -0.0142. The van der Waals surface area contributed by atoms with Gasteiger partial charge in [-0.05, 0) is 37.1 Å². The fourth-order valence-electron chi connectivity index (χ4n) is 3.29. The molecule has 2 aromatic heterocycles. The van der Waals surface area contributed by atoms with Crippen LogP contribution in [0, 0.1) is 0 Å². The summed E-state index contributed by atoms with van der Waals surface area (Å²) in [6.07, 6.45) is 4.23. The molecule has 3 aromatic rings. The fraction of sp³-hybridized carbons (Fsp3) is 0.333. The molecule has 124 valence electrons. The number of benzene rings is 1. The van der Waals surface area contributed by atoms with Gasteiger partial charge in [-0.2, -0.15) is 0 Å². The highest BCUT2D eigenvalue weighted by molar-refractivity contribution is 7.26. The zero-order valence-electron chi connectivity index (χ0n) is 13.2. The molecule has 1 saturated carbocycles. The first-order valence-electron chi connectivity index (χ1n) is 8.17. The van der Waals surface area contributed by atoms with E-state index in [2.05, 4.69) is 16.4 Å². The number of carbonyl (C=O) groups is 1. The van der Waals surface area contributed by atoms with E-state index in [1.54, 1.807) is 11.3 Å². The summed E-state index contributed by atoms with van der Waals surface area (Å²) in [6, 6.07) is 12.0. The predicted molar refractivity (Wildman–Crippen MR) is 101 cm³/mol. The first-order valence-corrected chi connectivity index (χ1v) is 9.81. The Kier molecular flexibility index (Phi) is 4.12. The predicted octanol–water partition coefficient (Wildman–Crippen LogP) is 4.03. The second kappa shape index (κ2) is 6.27. The number of carbonyl (C=O) groups excluding carboxylic acids is 1. The van der Waals surface area contributed by atoms with Gasteiger partial charge >= 0.3 is 0 Å². The lowest BCUT2D eigenvalue weighted by atomic mass is 9.98. The minimum absolute atomic E-state index is 0.0142. The topological polar surface area (TPSA) is 68.0 Å². The molecule has 1 amide bonds. The highest BCUT2D eigenvalue weighted by Gasteiger charge is 2.34. The van der Waals surface area contributed by atoms with Crippen LogP contribution in [0.15, 0.2) is 36.4 Å². The maximum atomic E-state index is 12.6. The molecular formula is C18H19N3OS2. The fourth-order valence-corrected chi connectivity index (χ4v) is 5.21. The molecule has 0 unspecified atom stereocenters. The summed E-state index contributed by atoms with van der Waals surface area (Å²) in [7, 11) is 0. The van der Waals surface area contributed by atoms with Crippen molar-refractivity contribution in [1.29, 1.82) is 0 Å². The third kappa shape index (κ3) is 2.85. The van der Waals surface area contributed by atoms with E-state index >= 15 is 0 Å². The molecule has 0 aliphatic heterocycles. The van der Waals surface area contributed by atoms with Gasteiger partial charge in [0.2, 0.25) is 0 Å². The lowest BCUT2D eigenvalue weighted by Gasteiger charge is -2.28. The summed E-state index contributed by atoms with van der Waals surface area (Å²) >= 11 is 3.16. The minimum atomic E-state index is -0.211. The first kappa shape index (κ1) is 15.7. The van der Waals surface area contributed by atoms with E-state index in [4.69, 9.17) is 5.73 Å². The van der Waals surface area contributed by atoms with Gasteiger partial charge in [-0.25, -0.2) is 4.98 Å². The Bertz CT molecular complexity index is 844. The van der Waals surface area contributed by atoms with Crippen molar-refractivity contribution < 1.29 is 4.79 Å². The first-order chi connectivity index (χ1) is 11.7. The van der Waals surface area contributed by atoms with E-state index in [9.17, 15) is 4.79 Å². The lowest BCUT2D eigenvalue weighted by molar-refractivity contribution is 0.0907. The third-order valence-electron chi connectivity index (χ3n) is 4.66. The molecule has 0 saturated heterocycles. The van der Waals surface area contributed by atoms with E-state index in [0.717, 1.165) is 46.0 Å². The number of thiophene rings is 1. The molecule has 0 spiro atoms. The van der Waals surface area contributed by atoms with E-state index in [1.807, 2.05) is 30.3 Å². The number of hydrogen-bond donors (Lipinski definition) is 2. The van der Waals surface area contributed by atoms with Crippen molar-refractivity contribution in [2.75, 3.05) is 6.54 Å².